The molecule has 0 spiro atoms. The lowest BCUT2D eigenvalue weighted by molar-refractivity contribution is -0.139. The van der Waals surface area contributed by atoms with Gasteiger partial charge in [0.15, 0.2) is 0 Å². The highest BCUT2D eigenvalue weighted by Gasteiger charge is 2.49. The molecule has 2 fully saturated rings. The van der Waals surface area contributed by atoms with Crippen LogP contribution in [0.5, 0.6) is 0 Å². The summed E-state index contributed by atoms with van der Waals surface area (Å²) in [6.45, 7) is 9.04. The Morgan fingerprint density at radius 1 is 1.21 bits per heavy atom. The first-order chi connectivity index (χ1) is 11.5. The van der Waals surface area contributed by atoms with Crippen molar-refractivity contribution < 1.29 is 14.4 Å². The van der Waals surface area contributed by atoms with Crippen LogP contribution in [-0.4, -0.2) is 65.9 Å². The highest BCUT2D eigenvalue weighted by atomic mass is 16.2. The fourth-order valence-corrected chi connectivity index (χ4v) is 3.52. The molecule has 7 heteroatoms. The van der Waals surface area contributed by atoms with Gasteiger partial charge >= 0.3 is 6.03 Å². The Morgan fingerprint density at radius 3 is 2.33 bits per heavy atom. The number of rotatable bonds is 7. The summed E-state index contributed by atoms with van der Waals surface area (Å²) in [6, 6.07) is -0.445. The fourth-order valence-electron chi connectivity index (χ4n) is 3.52. The SMILES string of the molecule is CCNCC1CCN(C(=O)CN2C(=O)NC(CC)(CC)C2=O)CC1. The van der Waals surface area contributed by atoms with Crippen LogP contribution < -0.4 is 10.6 Å². The van der Waals surface area contributed by atoms with Gasteiger partial charge in [0.25, 0.3) is 5.91 Å². The zero-order valence-electron chi connectivity index (χ0n) is 15.1. The van der Waals surface area contributed by atoms with E-state index in [0.29, 0.717) is 31.8 Å². The second-order valence-corrected chi connectivity index (χ2v) is 6.74. The minimum Gasteiger partial charge on any atom is -0.341 e. The molecule has 0 aliphatic carbocycles. The molecule has 0 aromatic carbocycles. The molecule has 136 valence electrons. The zero-order valence-corrected chi connectivity index (χ0v) is 15.1. The molecule has 0 unspecified atom stereocenters. The minimum atomic E-state index is -0.837. The zero-order chi connectivity index (χ0) is 17.7. The summed E-state index contributed by atoms with van der Waals surface area (Å²) in [5, 5.41) is 6.11. The molecule has 7 nitrogen and oxygen atoms in total. The monoisotopic (exact) mass is 338 g/mol. The van der Waals surface area contributed by atoms with Gasteiger partial charge in [-0.2, -0.15) is 0 Å². The molecule has 2 aliphatic rings. The van der Waals surface area contributed by atoms with Crippen LogP contribution in [0.2, 0.25) is 0 Å². The Labute approximate surface area is 144 Å². The molecular weight excluding hydrogens is 308 g/mol. The van der Waals surface area contributed by atoms with Crippen molar-refractivity contribution in [3.8, 4) is 0 Å². The predicted octanol–water partition coefficient (Wildman–Crippen LogP) is 0.945. The average molecular weight is 338 g/mol. The van der Waals surface area contributed by atoms with E-state index in [9.17, 15) is 14.4 Å². The molecule has 2 aliphatic heterocycles. The van der Waals surface area contributed by atoms with Gasteiger partial charge in [-0.1, -0.05) is 20.8 Å². The van der Waals surface area contributed by atoms with Crippen LogP contribution in [0.1, 0.15) is 46.5 Å². The highest BCUT2D eigenvalue weighted by molar-refractivity contribution is 6.08. The summed E-state index contributed by atoms with van der Waals surface area (Å²) in [5.41, 5.74) is -0.837. The molecule has 2 rings (SSSR count). The number of urea groups is 1. The Morgan fingerprint density at radius 2 is 1.83 bits per heavy atom. The first kappa shape index (κ1) is 18.7. The van der Waals surface area contributed by atoms with Crippen LogP contribution >= 0.6 is 0 Å². The van der Waals surface area contributed by atoms with Gasteiger partial charge in [0.1, 0.15) is 12.1 Å². The van der Waals surface area contributed by atoms with E-state index in [2.05, 4.69) is 17.6 Å². The van der Waals surface area contributed by atoms with Gasteiger partial charge in [0.05, 0.1) is 0 Å². The van der Waals surface area contributed by atoms with Crippen molar-refractivity contribution in [1.29, 1.82) is 0 Å². The summed E-state index contributed by atoms with van der Waals surface area (Å²) < 4.78 is 0. The number of carbonyl (C=O) groups is 3. The molecule has 0 aromatic heterocycles. The Hall–Kier alpha value is -1.63. The number of carbonyl (C=O) groups excluding carboxylic acids is 3. The first-order valence-electron chi connectivity index (χ1n) is 9.10. The van der Waals surface area contributed by atoms with Crippen LogP contribution in [0.15, 0.2) is 0 Å². The predicted molar refractivity (Wildman–Crippen MR) is 91.4 cm³/mol. The van der Waals surface area contributed by atoms with E-state index >= 15 is 0 Å². The van der Waals surface area contributed by atoms with Gasteiger partial charge in [-0.15, -0.1) is 0 Å². The minimum absolute atomic E-state index is 0.136. The lowest BCUT2D eigenvalue weighted by Gasteiger charge is -2.33. The van der Waals surface area contributed by atoms with E-state index in [1.165, 1.54) is 0 Å². The van der Waals surface area contributed by atoms with Crippen LogP contribution in [0.4, 0.5) is 4.79 Å². The number of imide groups is 1. The largest absolute Gasteiger partial charge is 0.341 e. The maximum Gasteiger partial charge on any atom is 0.325 e. The van der Waals surface area contributed by atoms with E-state index in [0.717, 1.165) is 30.8 Å². The fraction of sp³-hybridized carbons (Fsp3) is 0.824. The number of nitrogens with one attached hydrogen (secondary N) is 2. The maximum atomic E-state index is 12.6. The van der Waals surface area contributed by atoms with Gasteiger partial charge in [0, 0.05) is 13.1 Å². The first-order valence-corrected chi connectivity index (χ1v) is 9.10. The molecule has 4 amide bonds. The normalized spacial score (nSPS) is 21.3. The topological polar surface area (TPSA) is 81.8 Å². The van der Waals surface area contributed by atoms with Crippen molar-refractivity contribution in [3.05, 3.63) is 0 Å². The Balaban J connectivity index is 1.89. The molecule has 0 radical (unpaired) electrons. The van der Waals surface area contributed by atoms with E-state index in [4.69, 9.17) is 0 Å². The van der Waals surface area contributed by atoms with Crippen molar-refractivity contribution in [2.24, 2.45) is 5.92 Å². The van der Waals surface area contributed by atoms with E-state index in [1.807, 2.05) is 13.8 Å². The van der Waals surface area contributed by atoms with Crippen LogP contribution in [0.25, 0.3) is 0 Å². The second kappa shape index (κ2) is 7.96. The third-order valence-corrected chi connectivity index (χ3v) is 5.40. The summed E-state index contributed by atoms with van der Waals surface area (Å²) in [4.78, 5) is 40.0. The van der Waals surface area contributed by atoms with Gasteiger partial charge in [0.2, 0.25) is 5.91 Å². The summed E-state index contributed by atoms with van der Waals surface area (Å²) in [7, 11) is 0. The molecule has 2 N–H and O–H groups in total. The molecule has 0 aromatic rings. The van der Waals surface area contributed by atoms with E-state index in [1.54, 1.807) is 4.90 Å². The lowest BCUT2D eigenvalue weighted by atomic mass is 9.93. The molecule has 2 heterocycles. The number of hydrogen-bond acceptors (Lipinski definition) is 4. The molecular formula is C17H30N4O3. The summed E-state index contributed by atoms with van der Waals surface area (Å²) in [6.07, 6.45) is 3.00. The maximum absolute atomic E-state index is 12.6. The highest BCUT2D eigenvalue weighted by Crippen LogP contribution is 2.25. The smallest absolute Gasteiger partial charge is 0.325 e. The molecule has 2 saturated heterocycles. The van der Waals surface area contributed by atoms with E-state index < -0.39 is 11.6 Å². The van der Waals surface area contributed by atoms with Crippen molar-refractivity contribution in [3.63, 3.8) is 0 Å². The molecule has 0 saturated carbocycles. The number of likely N-dealkylation sites (tertiary alicyclic amines) is 1. The second-order valence-electron chi connectivity index (χ2n) is 6.74. The van der Waals surface area contributed by atoms with Gasteiger partial charge < -0.3 is 15.5 Å². The number of hydrogen-bond donors (Lipinski definition) is 2. The molecule has 0 atom stereocenters. The van der Waals surface area contributed by atoms with Gasteiger partial charge in [-0.25, -0.2) is 4.79 Å². The lowest BCUT2D eigenvalue weighted by Crippen LogP contribution is -2.48. The van der Waals surface area contributed by atoms with Crippen molar-refractivity contribution in [2.45, 2.75) is 52.0 Å². The average Bonchev–Trinajstić information content (AvgIpc) is 2.85. The van der Waals surface area contributed by atoms with Crippen molar-refractivity contribution in [2.75, 3.05) is 32.7 Å². The number of piperidine rings is 1. The summed E-state index contributed by atoms with van der Waals surface area (Å²) >= 11 is 0. The van der Waals surface area contributed by atoms with Gasteiger partial charge in [-0.05, 0) is 44.7 Å². The van der Waals surface area contributed by atoms with Crippen molar-refractivity contribution >= 4 is 17.8 Å². The number of nitrogens with zero attached hydrogens (tertiary/aromatic N) is 2. The quantitative estimate of drug-likeness (QED) is 0.677. The van der Waals surface area contributed by atoms with Crippen molar-refractivity contribution in [1.82, 2.24) is 20.4 Å². The van der Waals surface area contributed by atoms with Crippen LogP contribution in [-0.2, 0) is 9.59 Å². The standard InChI is InChI=1S/C17H30N4O3/c1-4-17(5-2)15(23)21(16(24)19-17)12-14(22)20-9-7-13(8-10-20)11-18-6-3/h13,18H,4-12H2,1-3H3,(H,19,24). The Kier molecular flexibility index (Phi) is 6.21. The third-order valence-electron chi connectivity index (χ3n) is 5.40. The van der Waals surface area contributed by atoms with Crippen LogP contribution in [0.3, 0.4) is 0 Å². The number of amides is 4. The summed E-state index contributed by atoms with van der Waals surface area (Å²) in [5.74, 6) is 0.190. The Bertz CT molecular complexity index is 482. The van der Waals surface area contributed by atoms with Crippen LogP contribution in [0, 0.1) is 5.92 Å². The molecule has 0 bridgehead atoms. The van der Waals surface area contributed by atoms with Gasteiger partial charge in [-0.3, -0.25) is 14.5 Å². The molecule has 24 heavy (non-hydrogen) atoms. The van der Waals surface area contributed by atoms with E-state index in [-0.39, 0.29) is 18.4 Å². The third kappa shape index (κ3) is 3.71.